The number of nitro benzene ring substituents is 1. The maximum atomic E-state index is 11.9. The van der Waals surface area contributed by atoms with E-state index in [1.807, 2.05) is 6.08 Å². The van der Waals surface area contributed by atoms with Crippen LogP contribution in [0.5, 0.6) is 0 Å². The Morgan fingerprint density at radius 3 is 2.74 bits per heavy atom. The van der Waals surface area contributed by atoms with Crippen LogP contribution in [0.1, 0.15) is 25.7 Å². The van der Waals surface area contributed by atoms with Crippen LogP contribution in [0.15, 0.2) is 48.1 Å². The van der Waals surface area contributed by atoms with Gasteiger partial charge in [-0.1, -0.05) is 12.2 Å². The van der Waals surface area contributed by atoms with Crippen molar-refractivity contribution < 1.29 is 14.5 Å². The van der Waals surface area contributed by atoms with E-state index in [0.717, 1.165) is 19.3 Å². The monoisotopic (exact) mass is 314 g/mol. The number of anilines is 1. The van der Waals surface area contributed by atoms with Crippen LogP contribution < -0.4 is 5.32 Å². The molecule has 120 valence electrons. The maximum absolute atomic E-state index is 11.9. The summed E-state index contributed by atoms with van der Waals surface area (Å²) in [5.74, 6) is 0.595. The van der Waals surface area contributed by atoms with Crippen LogP contribution in [-0.2, 0) is 4.74 Å². The fourth-order valence-electron chi connectivity index (χ4n) is 3.03. The van der Waals surface area contributed by atoms with Crippen molar-refractivity contribution in [1.29, 1.82) is 0 Å². The molecular weight excluding hydrogens is 296 g/mol. The SMILES string of the molecule is O=C(Nc1ccc([N+](=O)[O-])cc1)O[C@H]1C=C2C=CCCC2CC1. The van der Waals surface area contributed by atoms with Gasteiger partial charge in [-0.25, -0.2) is 4.79 Å². The third-order valence-electron chi connectivity index (χ3n) is 4.22. The zero-order valence-electron chi connectivity index (χ0n) is 12.6. The van der Waals surface area contributed by atoms with Crippen molar-refractivity contribution in [1.82, 2.24) is 0 Å². The molecule has 1 amide bonds. The second-order valence-electron chi connectivity index (χ2n) is 5.79. The number of benzene rings is 1. The zero-order chi connectivity index (χ0) is 16.2. The van der Waals surface area contributed by atoms with E-state index in [9.17, 15) is 14.9 Å². The van der Waals surface area contributed by atoms with E-state index >= 15 is 0 Å². The molecule has 2 aliphatic carbocycles. The number of nitro groups is 1. The van der Waals surface area contributed by atoms with Gasteiger partial charge in [-0.3, -0.25) is 15.4 Å². The van der Waals surface area contributed by atoms with Crippen molar-refractivity contribution in [3.63, 3.8) is 0 Å². The molecule has 6 nitrogen and oxygen atoms in total. The Bertz CT molecular complexity index is 664. The molecule has 6 heteroatoms. The third kappa shape index (κ3) is 3.77. The van der Waals surface area contributed by atoms with Gasteiger partial charge in [-0.15, -0.1) is 0 Å². The number of ether oxygens (including phenoxy) is 1. The minimum absolute atomic E-state index is 0.0175. The molecule has 0 aliphatic heterocycles. The van der Waals surface area contributed by atoms with E-state index in [1.54, 1.807) is 0 Å². The summed E-state index contributed by atoms with van der Waals surface area (Å²) in [6.07, 6.45) is 9.69. The normalized spacial score (nSPS) is 22.7. The average molecular weight is 314 g/mol. The summed E-state index contributed by atoms with van der Waals surface area (Å²) < 4.78 is 5.43. The molecule has 0 radical (unpaired) electrons. The van der Waals surface area contributed by atoms with Crippen LogP contribution >= 0.6 is 0 Å². The molecule has 23 heavy (non-hydrogen) atoms. The first-order valence-electron chi connectivity index (χ1n) is 7.72. The maximum Gasteiger partial charge on any atom is 0.412 e. The fraction of sp³-hybridized carbons (Fsp3) is 0.353. The Labute approximate surface area is 134 Å². The molecule has 2 aliphatic rings. The highest BCUT2D eigenvalue weighted by atomic mass is 16.6. The minimum atomic E-state index is -0.543. The first-order chi connectivity index (χ1) is 11.1. The largest absolute Gasteiger partial charge is 0.442 e. The fourth-order valence-corrected chi connectivity index (χ4v) is 3.03. The van der Waals surface area contributed by atoms with Crippen molar-refractivity contribution in [3.8, 4) is 0 Å². The molecule has 2 atom stereocenters. The first kappa shape index (κ1) is 15.3. The number of carbonyl (C=O) groups excluding carboxylic acids is 1. The molecule has 1 aromatic carbocycles. The molecule has 0 saturated heterocycles. The number of carbonyl (C=O) groups is 1. The molecule has 0 saturated carbocycles. The van der Waals surface area contributed by atoms with Crippen molar-refractivity contribution in [2.24, 2.45) is 5.92 Å². The van der Waals surface area contributed by atoms with Crippen LogP contribution in [0.4, 0.5) is 16.2 Å². The second kappa shape index (κ2) is 6.64. The summed E-state index contributed by atoms with van der Waals surface area (Å²) in [4.78, 5) is 22.1. The van der Waals surface area contributed by atoms with Crippen LogP contribution in [0.25, 0.3) is 0 Å². The standard InChI is InChI=1S/C17H18N2O4/c20-17(18-14-6-8-15(9-7-14)19(21)22)23-16-10-5-12-3-1-2-4-13(12)11-16/h2,4,6-9,11-12,16H,1,3,5,10H2,(H,18,20)/t12?,16-/m1/s1. The lowest BCUT2D eigenvalue weighted by molar-refractivity contribution is -0.384. The Kier molecular flexibility index (Phi) is 4.41. The molecule has 1 unspecified atom stereocenters. The first-order valence-corrected chi connectivity index (χ1v) is 7.72. The molecule has 0 heterocycles. The summed E-state index contributed by atoms with van der Waals surface area (Å²) in [5.41, 5.74) is 1.71. The van der Waals surface area contributed by atoms with E-state index < -0.39 is 11.0 Å². The molecule has 3 rings (SSSR count). The van der Waals surface area contributed by atoms with E-state index in [0.29, 0.717) is 11.6 Å². The van der Waals surface area contributed by atoms with Crippen LogP contribution in [0.2, 0.25) is 0 Å². The lowest BCUT2D eigenvalue weighted by Gasteiger charge is -2.29. The minimum Gasteiger partial charge on any atom is -0.442 e. The van der Waals surface area contributed by atoms with Gasteiger partial charge in [-0.05, 0) is 55.4 Å². The lowest BCUT2D eigenvalue weighted by Crippen LogP contribution is -2.26. The van der Waals surface area contributed by atoms with Gasteiger partial charge in [0.15, 0.2) is 0 Å². The number of amides is 1. The predicted molar refractivity (Wildman–Crippen MR) is 86.2 cm³/mol. The van der Waals surface area contributed by atoms with E-state index in [-0.39, 0.29) is 11.8 Å². The van der Waals surface area contributed by atoms with Gasteiger partial charge in [0.05, 0.1) is 4.92 Å². The van der Waals surface area contributed by atoms with Crippen LogP contribution in [0, 0.1) is 16.0 Å². The van der Waals surface area contributed by atoms with E-state index in [1.165, 1.54) is 36.3 Å². The predicted octanol–water partition coefficient (Wildman–Crippen LogP) is 4.20. The number of hydrogen-bond donors (Lipinski definition) is 1. The van der Waals surface area contributed by atoms with Gasteiger partial charge in [0.2, 0.25) is 0 Å². The number of allylic oxidation sites excluding steroid dienone is 3. The van der Waals surface area contributed by atoms with Gasteiger partial charge >= 0.3 is 6.09 Å². The highest BCUT2D eigenvalue weighted by molar-refractivity contribution is 5.84. The van der Waals surface area contributed by atoms with E-state index in [4.69, 9.17) is 4.74 Å². The van der Waals surface area contributed by atoms with Gasteiger partial charge in [0.25, 0.3) is 5.69 Å². The zero-order valence-corrected chi connectivity index (χ0v) is 12.6. The summed E-state index contributed by atoms with van der Waals surface area (Å²) in [7, 11) is 0. The molecule has 0 spiro atoms. The number of nitrogens with one attached hydrogen (secondary N) is 1. The average Bonchev–Trinajstić information content (AvgIpc) is 2.55. The second-order valence-corrected chi connectivity index (χ2v) is 5.79. The molecule has 1 N–H and O–H groups in total. The lowest BCUT2D eigenvalue weighted by atomic mass is 9.80. The van der Waals surface area contributed by atoms with Gasteiger partial charge in [0, 0.05) is 17.8 Å². The number of rotatable bonds is 3. The van der Waals surface area contributed by atoms with Gasteiger partial charge < -0.3 is 4.74 Å². The molecule has 0 fully saturated rings. The Hall–Kier alpha value is -2.63. The topological polar surface area (TPSA) is 81.5 Å². The third-order valence-corrected chi connectivity index (χ3v) is 4.22. The number of fused-ring (bicyclic) bond motifs is 1. The molecule has 1 aromatic rings. The Balaban J connectivity index is 1.58. The molecular formula is C17H18N2O4. The summed E-state index contributed by atoms with van der Waals surface area (Å²) in [6, 6.07) is 5.66. The summed E-state index contributed by atoms with van der Waals surface area (Å²) >= 11 is 0. The highest BCUT2D eigenvalue weighted by Crippen LogP contribution is 2.33. The van der Waals surface area contributed by atoms with Gasteiger partial charge in [0.1, 0.15) is 6.10 Å². The number of hydrogen-bond acceptors (Lipinski definition) is 4. The quantitative estimate of drug-likeness (QED) is 0.669. The van der Waals surface area contributed by atoms with Crippen molar-refractivity contribution >= 4 is 17.5 Å². The van der Waals surface area contributed by atoms with E-state index in [2.05, 4.69) is 17.5 Å². The summed E-state index contributed by atoms with van der Waals surface area (Å²) in [6.45, 7) is 0. The van der Waals surface area contributed by atoms with Crippen LogP contribution in [-0.4, -0.2) is 17.1 Å². The van der Waals surface area contributed by atoms with Crippen molar-refractivity contribution in [2.75, 3.05) is 5.32 Å². The highest BCUT2D eigenvalue weighted by Gasteiger charge is 2.25. The number of non-ortho nitro benzene ring substituents is 1. The Morgan fingerprint density at radius 2 is 2.00 bits per heavy atom. The van der Waals surface area contributed by atoms with Crippen LogP contribution in [0.3, 0.4) is 0 Å². The van der Waals surface area contributed by atoms with Crippen molar-refractivity contribution in [3.05, 3.63) is 58.2 Å². The van der Waals surface area contributed by atoms with Gasteiger partial charge in [-0.2, -0.15) is 0 Å². The van der Waals surface area contributed by atoms with Crippen molar-refractivity contribution in [2.45, 2.75) is 31.8 Å². The summed E-state index contributed by atoms with van der Waals surface area (Å²) in [5, 5.41) is 13.2. The molecule has 0 aromatic heterocycles. The molecule has 0 bridgehead atoms. The number of nitrogens with zero attached hydrogens (tertiary/aromatic N) is 1. The smallest absolute Gasteiger partial charge is 0.412 e. The Morgan fingerprint density at radius 1 is 1.22 bits per heavy atom.